The highest BCUT2D eigenvalue weighted by Gasteiger charge is 2.30. The molecule has 2 aromatic rings. The van der Waals surface area contributed by atoms with E-state index in [0.717, 1.165) is 12.1 Å². The van der Waals surface area contributed by atoms with E-state index < -0.39 is 28.9 Å². The van der Waals surface area contributed by atoms with Gasteiger partial charge in [-0.3, -0.25) is 9.59 Å². The fourth-order valence-corrected chi connectivity index (χ4v) is 2.72. The molecule has 8 heteroatoms. The fraction of sp³-hybridized carbons (Fsp3) is 0.294. The summed E-state index contributed by atoms with van der Waals surface area (Å²) in [5.41, 5.74) is -0.821. The van der Waals surface area contributed by atoms with Crippen LogP contribution in [0.25, 0.3) is 0 Å². The summed E-state index contributed by atoms with van der Waals surface area (Å²) in [5, 5.41) is 10.1. The maximum Gasteiger partial charge on any atom is 0.306 e. The Balaban J connectivity index is 2.68. The first-order valence-corrected chi connectivity index (χ1v) is 7.62. The zero-order valence-corrected chi connectivity index (χ0v) is 14.3. The summed E-state index contributed by atoms with van der Waals surface area (Å²) in [6.07, 6.45) is -0.385. The van der Waals surface area contributed by atoms with Gasteiger partial charge >= 0.3 is 5.97 Å². The molecule has 0 spiro atoms. The van der Waals surface area contributed by atoms with Crippen molar-refractivity contribution in [1.29, 1.82) is 0 Å². The van der Waals surface area contributed by atoms with E-state index in [1.165, 1.54) is 26.4 Å². The van der Waals surface area contributed by atoms with Gasteiger partial charge in [0.15, 0.2) is 5.76 Å². The topological polar surface area (TPSA) is 86.0 Å². The fourth-order valence-electron chi connectivity index (χ4n) is 2.42. The molecule has 1 unspecified atom stereocenters. The molecule has 0 bridgehead atoms. The van der Waals surface area contributed by atoms with Crippen LogP contribution >= 0.6 is 11.6 Å². The molecule has 1 aromatic heterocycles. The lowest BCUT2D eigenvalue weighted by Crippen LogP contribution is -2.15. The molecule has 0 saturated heterocycles. The molecule has 1 atom stereocenters. The standard InChI is InChI=1S/C17H16ClFO6/c1-23-8-9-6-13(20)16(22)17(25-9)10(7-14(21)24-2)15-11(18)4-3-5-12(15)19/h3-6,10,22H,7-8H2,1-2H3. The minimum atomic E-state index is -1.15. The Bertz CT molecular complexity index is 812. The minimum Gasteiger partial charge on any atom is -0.502 e. The van der Waals surface area contributed by atoms with Gasteiger partial charge in [0.2, 0.25) is 11.2 Å². The molecule has 0 radical (unpaired) electrons. The first-order chi connectivity index (χ1) is 11.9. The Hall–Kier alpha value is -2.38. The third-order valence-electron chi connectivity index (χ3n) is 3.55. The Kier molecular flexibility index (Phi) is 6.17. The van der Waals surface area contributed by atoms with Crippen molar-refractivity contribution >= 4 is 17.6 Å². The van der Waals surface area contributed by atoms with E-state index in [-0.39, 0.29) is 35.1 Å². The van der Waals surface area contributed by atoms with Gasteiger partial charge in [-0.15, -0.1) is 0 Å². The molecule has 1 heterocycles. The summed E-state index contributed by atoms with van der Waals surface area (Å²) in [7, 11) is 2.56. The molecule has 0 fully saturated rings. The van der Waals surface area contributed by atoms with Crippen LogP contribution < -0.4 is 5.43 Å². The van der Waals surface area contributed by atoms with Crippen molar-refractivity contribution in [2.45, 2.75) is 18.9 Å². The van der Waals surface area contributed by atoms with E-state index in [2.05, 4.69) is 4.74 Å². The van der Waals surface area contributed by atoms with Crippen molar-refractivity contribution < 1.29 is 28.2 Å². The maximum absolute atomic E-state index is 14.4. The van der Waals surface area contributed by atoms with Gasteiger partial charge in [0.1, 0.15) is 18.2 Å². The van der Waals surface area contributed by atoms with Crippen molar-refractivity contribution in [3.8, 4) is 5.75 Å². The summed E-state index contributed by atoms with van der Waals surface area (Å²) >= 11 is 6.08. The number of carbonyl (C=O) groups excluding carboxylic acids is 1. The number of halogens is 2. The van der Waals surface area contributed by atoms with Gasteiger partial charge in [0.05, 0.1) is 19.4 Å². The largest absolute Gasteiger partial charge is 0.502 e. The van der Waals surface area contributed by atoms with Crippen LogP contribution in [-0.2, 0) is 20.9 Å². The number of aromatic hydroxyl groups is 1. The Morgan fingerprint density at radius 2 is 2.12 bits per heavy atom. The average molecular weight is 371 g/mol. The summed E-state index contributed by atoms with van der Waals surface area (Å²) in [5.74, 6) is -3.44. The van der Waals surface area contributed by atoms with Crippen LogP contribution in [0.15, 0.2) is 33.5 Å². The second-order valence-electron chi connectivity index (χ2n) is 5.19. The SMILES string of the molecule is COCc1cc(=O)c(O)c(C(CC(=O)OC)c2c(F)cccc2Cl)o1. The predicted octanol–water partition coefficient (Wildman–Crippen LogP) is 2.98. The molecule has 1 aromatic carbocycles. The molecular formula is C17H16ClFO6. The van der Waals surface area contributed by atoms with Crippen molar-refractivity contribution in [1.82, 2.24) is 0 Å². The van der Waals surface area contributed by atoms with E-state index in [0.29, 0.717) is 0 Å². The van der Waals surface area contributed by atoms with Crippen molar-refractivity contribution in [3.05, 3.63) is 62.4 Å². The normalized spacial score (nSPS) is 12.0. The van der Waals surface area contributed by atoms with Crippen LogP contribution in [0.2, 0.25) is 5.02 Å². The van der Waals surface area contributed by atoms with Gasteiger partial charge in [-0.25, -0.2) is 4.39 Å². The van der Waals surface area contributed by atoms with Gasteiger partial charge in [0, 0.05) is 23.8 Å². The van der Waals surface area contributed by atoms with Crippen molar-refractivity contribution in [3.63, 3.8) is 0 Å². The lowest BCUT2D eigenvalue weighted by atomic mass is 9.91. The molecule has 1 N–H and O–H groups in total. The molecule has 0 amide bonds. The summed E-state index contributed by atoms with van der Waals surface area (Å²) in [6, 6.07) is 5.03. The van der Waals surface area contributed by atoms with E-state index in [9.17, 15) is 19.1 Å². The highest BCUT2D eigenvalue weighted by molar-refractivity contribution is 6.31. The number of rotatable bonds is 6. The lowest BCUT2D eigenvalue weighted by molar-refractivity contribution is -0.140. The first kappa shape index (κ1) is 19.0. The van der Waals surface area contributed by atoms with Crippen LogP contribution in [0, 0.1) is 5.82 Å². The number of ether oxygens (including phenoxy) is 2. The molecular weight excluding hydrogens is 355 g/mol. The number of carbonyl (C=O) groups is 1. The summed E-state index contributed by atoms with van der Waals surface area (Å²) in [4.78, 5) is 23.8. The quantitative estimate of drug-likeness (QED) is 0.787. The van der Waals surface area contributed by atoms with E-state index in [1.807, 2.05) is 0 Å². The average Bonchev–Trinajstić information content (AvgIpc) is 2.57. The monoisotopic (exact) mass is 370 g/mol. The molecule has 134 valence electrons. The van der Waals surface area contributed by atoms with Gasteiger partial charge in [-0.05, 0) is 12.1 Å². The number of benzene rings is 1. The summed E-state index contributed by atoms with van der Waals surface area (Å²) < 4.78 is 29.4. The number of hydrogen-bond acceptors (Lipinski definition) is 6. The Morgan fingerprint density at radius 1 is 1.40 bits per heavy atom. The number of esters is 1. The second kappa shape index (κ2) is 8.13. The molecule has 0 aliphatic carbocycles. The zero-order valence-electron chi connectivity index (χ0n) is 13.5. The Labute approximate surface area is 147 Å². The van der Waals surface area contributed by atoms with Gasteiger partial charge in [-0.2, -0.15) is 0 Å². The van der Waals surface area contributed by atoms with Gasteiger partial charge in [0.25, 0.3) is 0 Å². The minimum absolute atomic E-state index is 0.0214. The van der Waals surface area contributed by atoms with Crippen LogP contribution in [0.5, 0.6) is 5.75 Å². The van der Waals surface area contributed by atoms with Crippen LogP contribution in [0.3, 0.4) is 0 Å². The Morgan fingerprint density at radius 3 is 2.72 bits per heavy atom. The zero-order chi connectivity index (χ0) is 18.6. The van der Waals surface area contributed by atoms with Gasteiger partial charge < -0.3 is 19.0 Å². The molecule has 0 saturated carbocycles. The molecule has 0 aliphatic rings. The smallest absolute Gasteiger partial charge is 0.306 e. The highest BCUT2D eigenvalue weighted by Crippen LogP contribution is 2.38. The van der Waals surface area contributed by atoms with Crippen LogP contribution in [0.1, 0.15) is 29.4 Å². The van der Waals surface area contributed by atoms with E-state index in [4.69, 9.17) is 20.8 Å². The van der Waals surface area contributed by atoms with Crippen LogP contribution in [-0.4, -0.2) is 25.3 Å². The third kappa shape index (κ3) is 4.18. The molecule has 0 aliphatic heterocycles. The predicted molar refractivity (Wildman–Crippen MR) is 87.2 cm³/mol. The van der Waals surface area contributed by atoms with E-state index >= 15 is 0 Å². The second-order valence-corrected chi connectivity index (χ2v) is 5.60. The molecule has 2 rings (SSSR count). The van der Waals surface area contributed by atoms with Crippen molar-refractivity contribution in [2.24, 2.45) is 0 Å². The third-order valence-corrected chi connectivity index (χ3v) is 3.88. The lowest BCUT2D eigenvalue weighted by Gasteiger charge is -2.19. The van der Waals surface area contributed by atoms with Crippen molar-refractivity contribution in [2.75, 3.05) is 14.2 Å². The summed E-state index contributed by atoms with van der Waals surface area (Å²) in [6.45, 7) is -0.0432. The number of methoxy groups -OCH3 is 2. The van der Waals surface area contributed by atoms with Crippen LogP contribution in [0.4, 0.5) is 4.39 Å². The first-order valence-electron chi connectivity index (χ1n) is 7.24. The number of hydrogen-bond donors (Lipinski definition) is 1. The highest BCUT2D eigenvalue weighted by atomic mass is 35.5. The molecule has 25 heavy (non-hydrogen) atoms. The van der Waals surface area contributed by atoms with Gasteiger partial charge in [-0.1, -0.05) is 17.7 Å². The molecule has 6 nitrogen and oxygen atoms in total. The van der Waals surface area contributed by atoms with E-state index in [1.54, 1.807) is 0 Å². The maximum atomic E-state index is 14.4.